The Morgan fingerprint density at radius 1 is 1.05 bits per heavy atom. The normalized spacial score (nSPS) is 18.9. The molecule has 0 spiro atoms. The Bertz CT molecular complexity index is 1290. The lowest BCUT2D eigenvalue weighted by Gasteiger charge is -2.37. The third-order valence-electron chi connectivity index (χ3n) is 7.62. The first kappa shape index (κ1) is 27.8. The van der Waals surface area contributed by atoms with Crippen LogP contribution in [0.1, 0.15) is 41.8 Å². The van der Waals surface area contributed by atoms with E-state index in [9.17, 15) is 9.59 Å². The van der Waals surface area contributed by atoms with E-state index >= 15 is 0 Å². The van der Waals surface area contributed by atoms with Crippen molar-refractivity contribution >= 4 is 63.8 Å². The van der Waals surface area contributed by atoms with Gasteiger partial charge in [0.2, 0.25) is 0 Å². The zero-order valence-electron chi connectivity index (χ0n) is 22.1. The molecule has 0 saturated carbocycles. The molecule has 0 aliphatic carbocycles. The maximum absolute atomic E-state index is 13.4. The van der Waals surface area contributed by atoms with Gasteiger partial charge in [0.15, 0.2) is 10.2 Å². The van der Waals surface area contributed by atoms with Crippen molar-refractivity contribution in [3.8, 4) is 0 Å². The largest absolute Gasteiger partial charge is 0.457 e. The lowest BCUT2D eigenvalue weighted by molar-refractivity contribution is -0.123. The van der Waals surface area contributed by atoms with Crippen LogP contribution in [0.5, 0.6) is 0 Å². The number of nitrogens with one attached hydrogen (secondary N) is 1. The summed E-state index contributed by atoms with van der Waals surface area (Å²) in [5, 5.41) is 5.35. The predicted molar refractivity (Wildman–Crippen MR) is 160 cm³/mol. The standard InChI is InChI=1S/C28H32ClN5O3S2/c1-28(2)25(36)34(22-8-9-23-20(16-22)18-37-24(23)35)27(39)33(28)11-3-10-31-12-14-32(15-13-31)26(38)30-17-19-4-6-21(29)7-5-19/h4-9,16H,3,10-15,17-18H2,1-2H3,(H,30,38). The summed E-state index contributed by atoms with van der Waals surface area (Å²) in [6.07, 6.45) is 0.885. The summed E-state index contributed by atoms with van der Waals surface area (Å²) in [7, 11) is 0. The van der Waals surface area contributed by atoms with Crippen molar-refractivity contribution in [3.63, 3.8) is 0 Å². The van der Waals surface area contributed by atoms with E-state index in [1.54, 1.807) is 17.0 Å². The number of nitrogens with zero attached hydrogens (tertiary/aromatic N) is 4. The molecule has 2 fully saturated rings. The van der Waals surface area contributed by atoms with E-state index in [1.165, 1.54) is 0 Å². The maximum Gasteiger partial charge on any atom is 0.338 e. The molecule has 8 nitrogen and oxygen atoms in total. The Kier molecular flexibility index (Phi) is 8.09. The Labute approximate surface area is 244 Å². The molecule has 11 heteroatoms. The minimum Gasteiger partial charge on any atom is -0.457 e. The monoisotopic (exact) mass is 585 g/mol. The van der Waals surface area contributed by atoms with Crippen molar-refractivity contribution in [2.75, 3.05) is 44.2 Å². The highest BCUT2D eigenvalue weighted by molar-refractivity contribution is 7.80. The molecule has 5 rings (SSSR count). The highest BCUT2D eigenvalue weighted by Gasteiger charge is 2.49. The summed E-state index contributed by atoms with van der Waals surface area (Å²) in [4.78, 5) is 33.5. The third kappa shape index (κ3) is 5.75. The predicted octanol–water partition coefficient (Wildman–Crippen LogP) is 3.80. The van der Waals surface area contributed by atoms with Crippen LogP contribution in [0.25, 0.3) is 0 Å². The molecule has 0 unspecified atom stereocenters. The highest BCUT2D eigenvalue weighted by Crippen LogP contribution is 2.34. The van der Waals surface area contributed by atoms with Gasteiger partial charge in [-0.25, -0.2) is 4.79 Å². The average Bonchev–Trinajstić information content (AvgIpc) is 3.37. The lowest BCUT2D eigenvalue weighted by atomic mass is 10.0. The Hall–Kier alpha value is -2.79. The van der Waals surface area contributed by atoms with E-state index in [2.05, 4.69) is 15.1 Å². The van der Waals surface area contributed by atoms with Crippen LogP contribution in [0, 0.1) is 0 Å². The van der Waals surface area contributed by atoms with Crippen LogP contribution in [-0.2, 0) is 22.7 Å². The molecule has 0 bridgehead atoms. The second-order valence-corrected chi connectivity index (χ2v) is 11.7. The number of hydrogen-bond acceptors (Lipinski definition) is 6. The number of hydrogen-bond donors (Lipinski definition) is 1. The smallest absolute Gasteiger partial charge is 0.338 e. The maximum atomic E-state index is 13.4. The molecule has 1 amide bonds. The van der Waals surface area contributed by atoms with Gasteiger partial charge in [0.25, 0.3) is 5.91 Å². The fourth-order valence-electron chi connectivity index (χ4n) is 5.22. The molecule has 0 radical (unpaired) electrons. The van der Waals surface area contributed by atoms with Gasteiger partial charge in [-0.3, -0.25) is 14.6 Å². The van der Waals surface area contributed by atoms with Gasteiger partial charge in [-0.2, -0.15) is 0 Å². The van der Waals surface area contributed by atoms with E-state index < -0.39 is 5.54 Å². The number of benzene rings is 2. The number of fused-ring (bicyclic) bond motifs is 1. The zero-order valence-corrected chi connectivity index (χ0v) is 24.5. The molecule has 3 heterocycles. The fourth-order valence-corrected chi connectivity index (χ4v) is 6.10. The van der Waals surface area contributed by atoms with Crippen LogP contribution in [0.4, 0.5) is 5.69 Å². The summed E-state index contributed by atoms with van der Waals surface area (Å²) in [5.74, 6) is -0.392. The molecular formula is C28H32ClN5O3S2. The van der Waals surface area contributed by atoms with Gasteiger partial charge >= 0.3 is 5.97 Å². The summed E-state index contributed by atoms with van der Waals surface area (Å²) < 4.78 is 5.11. The van der Waals surface area contributed by atoms with Gasteiger partial charge in [-0.15, -0.1) is 0 Å². The van der Waals surface area contributed by atoms with Crippen LogP contribution in [0.15, 0.2) is 42.5 Å². The van der Waals surface area contributed by atoms with Crippen molar-refractivity contribution in [1.29, 1.82) is 0 Å². The van der Waals surface area contributed by atoms with Crippen molar-refractivity contribution < 1.29 is 14.3 Å². The average molecular weight is 586 g/mol. The van der Waals surface area contributed by atoms with Crippen LogP contribution in [0.2, 0.25) is 5.02 Å². The number of cyclic esters (lactones) is 1. The number of ether oxygens (including phenoxy) is 1. The number of carbonyl (C=O) groups excluding carboxylic acids is 2. The third-order valence-corrected chi connectivity index (χ3v) is 8.68. The van der Waals surface area contributed by atoms with E-state index in [4.69, 9.17) is 40.8 Å². The zero-order chi connectivity index (χ0) is 27.7. The first-order valence-electron chi connectivity index (χ1n) is 13.1. The van der Waals surface area contributed by atoms with Crippen molar-refractivity contribution in [1.82, 2.24) is 20.0 Å². The topological polar surface area (TPSA) is 68.4 Å². The number of carbonyl (C=O) groups is 2. The molecule has 206 valence electrons. The minimum absolute atomic E-state index is 0.0640. The molecule has 3 aliphatic heterocycles. The van der Waals surface area contributed by atoms with Gasteiger partial charge in [0.05, 0.1) is 11.3 Å². The summed E-state index contributed by atoms with van der Waals surface area (Å²) in [5.41, 5.74) is 2.40. The Balaban J connectivity index is 1.10. The quantitative estimate of drug-likeness (QED) is 0.386. The van der Waals surface area contributed by atoms with Crippen LogP contribution in [-0.4, -0.2) is 81.6 Å². The fraction of sp³-hybridized carbons (Fsp3) is 0.429. The van der Waals surface area contributed by atoms with Crippen LogP contribution in [0.3, 0.4) is 0 Å². The highest BCUT2D eigenvalue weighted by atomic mass is 35.5. The van der Waals surface area contributed by atoms with Gasteiger partial charge in [0, 0.05) is 49.9 Å². The second kappa shape index (κ2) is 11.4. The van der Waals surface area contributed by atoms with Crippen molar-refractivity contribution in [2.45, 2.75) is 39.0 Å². The Morgan fingerprint density at radius 2 is 1.77 bits per heavy atom. The van der Waals surface area contributed by atoms with Crippen LogP contribution >= 0.6 is 36.0 Å². The number of rotatable bonds is 7. The van der Waals surface area contributed by atoms with E-state index in [0.29, 0.717) is 29.5 Å². The summed E-state index contributed by atoms with van der Waals surface area (Å²) >= 11 is 17.4. The first-order chi connectivity index (χ1) is 18.6. The second-order valence-electron chi connectivity index (χ2n) is 10.5. The van der Waals surface area contributed by atoms with Gasteiger partial charge in [-0.1, -0.05) is 23.7 Å². The van der Waals surface area contributed by atoms with E-state index in [-0.39, 0.29) is 18.5 Å². The SMILES string of the molecule is CC1(C)C(=O)N(c2ccc3c(c2)COC3=O)C(=S)N1CCCN1CCN(C(=S)NCc2ccc(Cl)cc2)CC1. The minimum atomic E-state index is -0.747. The Morgan fingerprint density at radius 3 is 2.49 bits per heavy atom. The van der Waals surface area contributed by atoms with Crippen LogP contribution < -0.4 is 10.2 Å². The van der Waals surface area contributed by atoms with Crippen molar-refractivity contribution in [3.05, 3.63) is 64.2 Å². The van der Waals surface area contributed by atoms with Gasteiger partial charge in [0.1, 0.15) is 12.1 Å². The number of amides is 1. The molecule has 0 aromatic heterocycles. The number of anilines is 1. The number of piperazine rings is 1. The lowest BCUT2D eigenvalue weighted by Crippen LogP contribution is -2.52. The van der Waals surface area contributed by atoms with E-state index in [0.717, 1.165) is 60.4 Å². The molecular weight excluding hydrogens is 554 g/mol. The van der Waals surface area contributed by atoms with Gasteiger partial charge in [-0.05, 0) is 87.1 Å². The molecule has 1 N–H and O–H groups in total. The van der Waals surface area contributed by atoms with Crippen molar-refractivity contribution in [2.24, 2.45) is 0 Å². The summed E-state index contributed by atoms with van der Waals surface area (Å²) in [6.45, 7) is 9.93. The molecule has 2 aromatic carbocycles. The first-order valence-corrected chi connectivity index (χ1v) is 14.3. The van der Waals surface area contributed by atoms with E-state index in [1.807, 2.05) is 49.1 Å². The molecule has 2 saturated heterocycles. The molecule has 0 atom stereocenters. The number of halogens is 1. The number of thiocarbonyl (C=S) groups is 2. The molecule has 2 aromatic rings. The molecule has 3 aliphatic rings. The number of esters is 1. The van der Waals surface area contributed by atoms with Gasteiger partial charge < -0.3 is 19.9 Å². The molecule has 39 heavy (non-hydrogen) atoms. The summed E-state index contributed by atoms with van der Waals surface area (Å²) in [6, 6.07) is 13.1.